The van der Waals surface area contributed by atoms with Crippen molar-refractivity contribution in [2.75, 3.05) is 0 Å². The van der Waals surface area contributed by atoms with Crippen molar-refractivity contribution in [2.24, 2.45) is 10.2 Å². The van der Waals surface area contributed by atoms with Crippen molar-refractivity contribution in [3.63, 3.8) is 0 Å². The van der Waals surface area contributed by atoms with Crippen molar-refractivity contribution in [3.8, 4) is 11.1 Å². The Morgan fingerprint density at radius 3 is 1.33 bits per heavy atom. The van der Waals surface area contributed by atoms with E-state index in [9.17, 15) is 9.59 Å². The van der Waals surface area contributed by atoms with E-state index in [1.54, 1.807) is 36.7 Å². The lowest BCUT2D eigenvalue weighted by Crippen LogP contribution is -2.17. The Morgan fingerprint density at radius 1 is 0.583 bits per heavy atom. The highest BCUT2D eigenvalue weighted by molar-refractivity contribution is 9.10. The third-order valence-electron chi connectivity index (χ3n) is 5.08. The van der Waals surface area contributed by atoms with Crippen LogP contribution in [-0.4, -0.2) is 24.2 Å². The second kappa shape index (κ2) is 12.2. The summed E-state index contributed by atoms with van der Waals surface area (Å²) in [5.74, 6) is -0.605. The van der Waals surface area contributed by atoms with Crippen LogP contribution in [0.4, 0.5) is 0 Å². The zero-order valence-electron chi connectivity index (χ0n) is 18.9. The number of hydrazone groups is 2. The second-order valence-electron chi connectivity index (χ2n) is 7.66. The minimum atomic E-state index is -0.303. The van der Waals surface area contributed by atoms with E-state index in [-0.39, 0.29) is 11.8 Å². The molecule has 4 aromatic carbocycles. The summed E-state index contributed by atoms with van der Waals surface area (Å²) < 4.78 is 1.87. The van der Waals surface area contributed by atoms with E-state index in [0.29, 0.717) is 11.1 Å². The van der Waals surface area contributed by atoms with Crippen LogP contribution in [0.5, 0.6) is 0 Å². The van der Waals surface area contributed by atoms with Crippen LogP contribution < -0.4 is 10.9 Å². The minimum Gasteiger partial charge on any atom is -0.267 e. The van der Waals surface area contributed by atoms with Gasteiger partial charge in [0, 0.05) is 20.1 Å². The summed E-state index contributed by atoms with van der Waals surface area (Å²) in [6.07, 6.45) is 3.17. The fourth-order valence-electron chi connectivity index (χ4n) is 3.26. The van der Waals surface area contributed by atoms with E-state index in [1.807, 2.05) is 72.8 Å². The fourth-order valence-corrected chi connectivity index (χ4v) is 4.10. The maximum Gasteiger partial charge on any atom is 0.271 e. The molecule has 2 N–H and O–H groups in total. The maximum atomic E-state index is 12.4. The summed E-state index contributed by atoms with van der Waals surface area (Å²) in [4.78, 5) is 24.7. The lowest BCUT2D eigenvalue weighted by Gasteiger charge is -2.05. The van der Waals surface area contributed by atoms with E-state index in [2.05, 4.69) is 52.9 Å². The van der Waals surface area contributed by atoms with Crippen LogP contribution in [0.3, 0.4) is 0 Å². The molecule has 4 rings (SSSR count). The van der Waals surface area contributed by atoms with E-state index < -0.39 is 0 Å². The van der Waals surface area contributed by atoms with Gasteiger partial charge in [-0.2, -0.15) is 10.2 Å². The third-order valence-corrected chi connectivity index (χ3v) is 6.07. The maximum absolute atomic E-state index is 12.4. The first-order valence-corrected chi connectivity index (χ1v) is 12.4. The van der Waals surface area contributed by atoms with Gasteiger partial charge in [0.2, 0.25) is 0 Å². The van der Waals surface area contributed by atoms with Crippen molar-refractivity contribution in [2.45, 2.75) is 0 Å². The lowest BCUT2D eigenvalue weighted by molar-refractivity contribution is 0.0947. The highest BCUT2D eigenvalue weighted by atomic mass is 79.9. The van der Waals surface area contributed by atoms with Crippen molar-refractivity contribution in [1.29, 1.82) is 0 Å². The zero-order valence-corrected chi connectivity index (χ0v) is 22.0. The van der Waals surface area contributed by atoms with Gasteiger partial charge in [0.05, 0.1) is 12.4 Å². The van der Waals surface area contributed by atoms with Crippen LogP contribution in [0.1, 0.15) is 31.8 Å². The summed E-state index contributed by atoms with van der Waals surface area (Å²) in [6.45, 7) is 0. The summed E-state index contributed by atoms with van der Waals surface area (Å²) in [6, 6.07) is 29.5. The summed E-state index contributed by atoms with van der Waals surface area (Å²) in [5.41, 5.74) is 9.62. The Labute approximate surface area is 225 Å². The van der Waals surface area contributed by atoms with Crippen LogP contribution in [0.25, 0.3) is 11.1 Å². The molecule has 0 spiro atoms. The minimum absolute atomic E-state index is 0.303. The van der Waals surface area contributed by atoms with Gasteiger partial charge in [-0.3, -0.25) is 9.59 Å². The number of carbonyl (C=O) groups is 2. The number of halogens is 2. The molecule has 0 aromatic heterocycles. The molecule has 8 heteroatoms. The molecule has 0 bridgehead atoms. The summed E-state index contributed by atoms with van der Waals surface area (Å²) >= 11 is 6.80. The second-order valence-corrected chi connectivity index (χ2v) is 9.49. The predicted molar refractivity (Wildman–Crippen MR) is 150 cm³/mol. The quantitative estimate of drug-likeness (QED) is 0.189. The van der Waals surface area contributed by atoms with Crippen LogP contribution in [0, 0.1) is 0 Å². The van der Waals surface area contributed by atoms with Crippen LogP contribution >= 0.6 is 31.9 Å². The highest BCUT2D eigenvalue weighted by Gasteiger charge is 2.07. The first-order chi connectivity index (χ1) is 17.5. The van der Waals surface area contributed by atoms with Gasteiger partial charge in [-0.25, -0.2) is 10.9 Å². The molecule has 0 atom stereocenters. The molecule has 0 radical (unpaired) electrons. The Hall–Kier alpha value is -3.88. The number of nitrogens with zero attached hydrogens (tertiary/aromatic N) is 2. The van der Waals surface area contributed by atoms with Crippen LogP contribution in [-0.2, 0) is 0 Å². The molecule has 0 unspecified atom stereocenters. The average molecular weight is 604 g/mol. The zero-order chi connectivity index (χ0) is 25.3. The monoisotopic (exact) mass is 602 g/mol. The summed E-state index contributed by atoms with van der Waals surface area (Å²) in [5, 5.41) is 8.03. The van der Waals surface area contributed by atoms with Gasteiger partial charge in [0.1, 0.15) is 0 Å². The molecule has 6 nitrogen and oxygen atoms in total. The van der Waals surface area contributed by atoms with Gasteiger partial charge < -0.3 is 0 Å². The van der Waals surface area contributed by atoms with Crippen LogP contribution in [0.2, 0.25) is 0 Å². The number of nitrogens with one attached hydrogen (secondary N) is 2. The lowest BCUT2D eigenvalue weighted by atomic mass is 10.0. The number of carbonyl (C=O) groups excluding carboxylic acids is 2. The van der Waals surface area contributed by atoms with E-state index in [0.717, 1.165) is 31.2 Å². The van der Waals surface area contributed by atoms with Crippen molar-refractivity contribution >= 4 is 56.1 Å². The van der Waals surface area contributed by atoms with Crippen molar-refractivity contribution < 1.29 is 9.59 Å². The molecule has 0 aliphatic heterocycles. The van der Waals surface area contributed by atoms with Gasteiger partial charge in [-0.05, 0) is 70.8 Å². The van der Waals surface area contributed by atoms with Crippen LogP contribution in [0.15, 0.2) is 116 Å². The Morgan fingerprint density at radius 2 is 0.972 bits per heavy atom. The Bertz CT molecular complexity index is 1320. The smallest absolute Gasteiger partial charge is 0.267 e. The largest absolute Gasteiger partial charge is 0.271 e. The SMILES string of the molecule is O=C(N/N=C/c1cccc(Br)c1)c1ccc(-c2ccc(C(=O)N/N=C/c3cccc(Br)c3)cc2)cc1. The highest BCUT2D eigenvalue weighted by Crippen LogP contribution is 2.20. The molecule has 178 valence electrons. The third kappa shape index (κ3) is 7.07. The number of rotatable bonds is 7. The standard InChI is InChI=1S/C28H20Br2N4O2/c29-25-5-1-3-19(15-25)17-31-33-27(35)23-11-7-21(8-12-23)22-9-13-24(14-10-22)28(36)34-32-18-20-4-2-6-26(30)16-20/h1-18H,(H,33,35)(H,34,36)/b31-17+,32-18+. The molecular weight excluding hydrogens is 584 g/mol. The van der Waals surface area contributed by atoms with E-state index >= 15 is 0 Å². The number of hydrogen-bond acceptors (Lipinski definition) is 4. The van der Waals surface area contributed by atoms with E-state index in [1.165, 1.54) is 0 Å². The van der Waals surface area contributed by atoms with Gasteiger partial charge in [0.25, 0.3) is 11.8 Å². The van der Waals surface area contributed by atoms with Gasteiger partial charge >= 0.3 is 0 Å². The average Bonchev–Trinajstić information content (AvgIpc) is 2.89. The molecule has 4 aromatic rings. The molecule has 2 amide bonds. The Kier molecular flexibility index (Phi) is 8.54. The number of benzene rings is 4. The molecule has 0 aliphatic carbocycles. The fraction of sp³-hybridized carbons (Fsp3) is 0. The molecule has 0 heterocycles. The molecular formula is C28H20Br2N4O2. The topological polar surface area (TPSA) is 82.9 Å². The molecule has 0 saturated heterocycles. The number of hydrogen-bond donors (Lipinski definition) is 2. The van der Waals surface area contributed by atoms with Crippen molar-refractivity contribution in [1.82, 2.24) is 10.9 Å². The van der Waals surface area contributed by atoms with E-state index in [4.69, 9.17) is 0 Å². The number of amides is 2. The molecule has 36 heavy (non-hydrogen) atoms. The molecule has 0 fully saturated rings. The molecule has 0 aliphatic rings. The Balaban J connectivity index is 1.33. The first-order valence-electron chi connectivity index (χ1n) is 10.9. The summed E-state index contributed by atoms with van der Waals surface area (Å²) in [7, 11) is 0. The predicted octanol–water partition coefficient (Wildman–Crippen LogP) is 6.41. The van der Waals surface area contributed by atoms with Crippen molar-refractivity contribution in [3.05, 3.63) is 128 Å². The first kappa shape index (κ1) is 25.2. The van der Waals surface area contributed by atoms with Gasteiger partial charge in [-0.15, -0.1) is 0 Å². The molecule has 0 saturated carbocycles. The van der Waals surface area contributed by atoms with Gasteiger partial charge in [0.15, 0.2) is 0 Å². The van der Waals surface area contributed by atoms with Gasteiger partial charge in [-0.1, -0.05) is 80.4 Å². The normalized spacial score (nSPS) is 11.1.